The van der Waals surface area contributed by atoms with Gasteiger partial charge in [-0.1, -0.05) is 30.3 Å². The lowest BCUT2D eigenvalue weighted by atomic mass is 10.1. The maximum atomic E-state index is 13.0. The summed E-state index contributed by atoms with van der Waals surface area (Å²) < 4.78 is 1.24. The summed E-state index contributed by atoms with van der Waals surface area (Å²) in [5.41, 5.74) is 2.66. The van der Waals surface area contributed by atoms with Crippen LogP contribution in [0.2, 0.25) is 0 Å². The Bertz CT molecular complexity index is 1160. The first kappa shape index (κ1) is 18.1. The van der Waals surface area contributed by atoms with Gasteiger partial charge in [0.25, 0.3) is 5.91 Å². The van der Waals surface area contributed by atoms with Crippen LogP contribution in [0.15, 0.2) is 79.1 Å². The molecule has 1 N–H and O–H groups in total. The largest absolute Gasteiger partial charge is 0.350 e. The molecule has 4 aromatic rings. The molecule has 0 aliphatic carbocycles. The lowest BCUT2D eigenvalue weighted by Crippen LogP contribution is -2.17. The highest BCUT2D eigenvalue weighted by atomic mass is 16.2. The fourth-order valence-corrected chi connectivity index (χ4v) is 2.77. The first-order valence-electron chi connectivity index (χ1n) is 8.95. The average molecular weight is 380 g/mol. The fraction of sp³-hybridized carbons (Fsp3) is 0.0455. The molecule has 0 radical (unpaired) electrons. The minimum Gasteiger partial charge on any atom is -0.350 e. The Hall–Kier alpha value is -4.31. The van der Waals surface area contributed by atoms with Gasteiger partial charge in [-0.25, -0.2) is 0 Å². The summed E-state index contributed by atoms with van der Waals surface area (Å²) in [6.45, 7) is 0.493. The summed E-state index contributed by atoms with van der Waals surface area (Å²) in [6, 6.07) is 21.9. The van der Waals surface area contributed by atoms with E-state index in [9.17, 15) is 4.79 Å². The first-order valence-corrected chi connectivity index (χ1v) is 8.95. The van der Waals surface area contributed by atoms with Gasteiger partial charge in [0.05, 0.1) is 11.6 Å². The van der Waals surface area contributed by atoms with Crippen LogP contribution in [0.5, 0.6) is 0 Å². The van der Waals surface area contributed by atoms with E-state index >= 15 is 0 Å². The van der Waals surface area contributed by atoms with Gasteiger partial charge in [0.2, 0.25) is 5.95 Å². The minimum absolute atomic E-state index is 0.335. The highest BCUT2D eigenvalue weighted by molar-refractivity contribution is 5.97. The van der Waals surface area contributed by atoms with Crippen molar-refractivity contribution in [1.29, 1.82) is 5.26 Å². The number of nitriles is 1. The highest BCUT2D eigenvalue weighted by Gasteiger charge is 2.19. The summed E-state index contributed by atoms with van der Waals surface area (Å²) in [5, 5.41) is 16.5. The van der Waals surface area contributed by atoms with E-state index in [2.05, 4.69) is 20.4 Å². The van der Waals surface area contributed by atoms with E-state index < -0.39 is 0 Å². The molecule has 140 valence electrons. The number of nitrogens with zero attached hydrogens (tertiary/aromatic N) is 5. The number of nitrogens with one attached hydrogen (secondary N) is 1. The topological polar surface area (TPSA) is 96.5 Å². The number of rotatable bonds is 5. The number of hydrogen-bond acceptors (Lipinski definition) is 6. The number of hydrogen-bond donors (Lipinski definition) is 1. The molecule has 0 saturated carbocycles. The van der Waals surface area contributed by atoms with E-state index in [1.54, 1.807) is 42.7 Å². The van der Waals surface area contributed by atoms with Crippen LogP contribution in [0.4, 0.5) is 5.95 Å². The van der Waals surface area contributed by atoms with Crippen LogP contribution in [0.3, 0.4) is 0 Å². The number of aromatic nitrogens is 4. The molecule has 29 heavy (non-hydrogen) atoms. The Morgan fingerprint density at radius 2 is 1.83 bits per heavy atom. The van der Waals surface area contributed by atoms with Crippen LogP contribution in [0, 0.1) is 11.3 Å². The van der Waals surface area contributed by atoms with Crippen molar-refractivity contribution in [3.63, 3.8) is 0 Å². The zero-order chi connectivity index (χ0) is 20.1. The molecule has 0 aliphatic rings. The molecule has 7 nitrogen and oxygen atoms in total. The monoisotopic (exact) mass is 380 g/mol. The fourth-order valence-electron chi connectivity index (χ4n) is 2.77. The van der Waals surface area contributed by atoms with Gasteiger partial charge >= 0.3 is 0 Å². The Kier molecular flexibility index (Phi) is 5.08. The van der Waals surface area contributed by atoms with Crippen molar-refractivity contribution in [3.05, 3.63) is 95.8 Å². The summed E-state index contributed by atoms with van der Waals surface area (Å²) in [5.74, 6) is 0.394. The number of anilines is 1. The number of benzene rings is 2. The van der Waals surface area contributed by atoms with Crippen molar-refractivity contribution in [3.8, 4) is 17.5 Å². The van der Waals surface area contributed by atoms with E-state index in [1.165, 1.54) is 4.68 Å². The molecule has 2 aromatic carbocycles. The Balaban J connectivity index is 1.68. The Labute approximate surface area is 167 Å². The third kappa shape index (κ3) is 4.01. The second-order valence-electron chi connectivity index (χ2n) is 6.25. The molecular formula is C22H16N6O. The normalized spacial score (nSPS) is 10.3. The van der Waals surface area contributed by atoms with Crippen LogP contribution in [0.25, 0.3) is 11.4 Å². The third-order valence-electron chi connectivity index (χ3n) is 4.27. The zero-order valence-corrected chi connectivity index (χ0v) is 15.4. The molecule has 0 atom stereocenters. The maximum Gasteiger partial charge on any atom is 0.281 e. The van der Waals surface area contributed by atoms with Crippen LogP contribution >= 0.6 is 0 Å². The van der Waals surface area contributed by atoms with Crippen LogP contribution in [-0.2, 0) is 6.54 Å². The minimum atomic E-state index is -0.340. The van der Waals surface area contributed by atoms with E-state index in [-0.39, 0.29) is 5.91 Å². The van der Waals surface area contributed by atoms with Crippen LogP contribution in [0.1, 0.15) is 21.5 Å². The maximum absolute atomic E-state index is 13.0. The van der Waals surface area contributed by atoms with Gasteiger partial charge in [0.1, 0.15) is 0 Å². The molecule has 7 heteroatoms. The smallest absolute Gasteiger partial charge is 0.281 e. The average Bonchev–Trinajstić information content (AvgIpc) is 3.23. The van der Waals surface area contributed by atoms with Crippen molar-refractivity contribution in [2.24, 2.45) is 0 Å². The number of pyridine rings is 1. The van der Waals surface area contributed by atoms with Gasteiger partial charge in [-0.3, -0.25) is 9.78 Å². The first-order chi connectivity index (χ1) is 14.2. The predicted octanol–water partition coefficient (Wildman–Crippen LogP) is 3.51. The number of carbonyl (C=O) groups excluding carboxylic acids is 1. The molecule has 0 spiro atoms. The van der Waals surface area contributed by atoms with Crippen molar-refractivity contribution < 1.29 is 4.79 Å². The summed E-state index contributed by atoms with van der Waals surface area (Å²) in [6.07, 6.45) is 3.31. The molecule has 2 aromatic heterocycles. The molecule has 0 amide bonds. The van der Waals surface area contributed by atoms with Gasteiger partial charge in [0.15, 0.2) is 5.82 Å². The Morgan fingerprint density at radius 3 is 2.52 bits per heavy atom. The molecule has 0 saturated heterocycles. The van der Waals surface area contributed by atoms with E-state index in [4.69, 9.17) is 5.26 Å². The SMILES string of the molecule is N#Cc1ccc(C(=O)n2nc(-c3cccnc3)nc2NCc2ccccc2)cc1. The van der Waals surface area contributed by atoms with Crippen molar-refractivity contribution in [1.82, 2.24) is 19.7 Å². The molecule has 0 unspecified atom stereocenters. The summed E-state index contributed by atoms with van der Waals surface area (Å²) in [4.78, 5) is 21.6. The molecule has 0 fully saturated rings. The van der Waals surface area contributed by atoms with Crippen molar-refractivity contribution in [2.45, 2.75) is 6.54 Å². The Morgan fingerprint density at radius 1 is 1.03 bits per heavy atom. The summed E-state index contributed by atoms with van der Waals surface area (Å²) >= 11 is 0. The quantitative estimate of drug-likeness (QED) is 0.569. The van der Waals surface area contributed by atoms with Gasteiger partial charge in [-0.2, -0.15) is 14.9 Å². The molecule has 2 heterocycles. The number of carbonyl (C=O) groups is 1. The van der Waals surface area contributed by atoms with E-state index in [0.717, 1.165) is 5.56 Å². The molecule has 4 rings (SSSR count). The second kappa shape index (κ2) is 8.15. The molecule has 0 aliphatic heterocycles. The van der Waals surface area contributed by atoms with Crippen molar-refractivity contribution in [2.75, 3.05) is 5.32 Å². The predicted molar refractivity (Wildman–Crippen MR) is 108 cm³/mol. The van der Waals surface area contributed by atoms with Crippen LogP contribution in [-0.4, -0.2) is 25.7 Å². The second-order valence-corrected chi connectivity index (χ2v) is 6.25. The summed E-state index contributed by atoms with van der Waals surface area (Å²) in [7, 11) is 0. The van der Waals surface area contributed by atoms with Crippen LogP contribution < -0.4 is 5.32 Å². The third-order valence-corrected chi connectivity index (χ3v) is 4.27. The molecule has 0 bridgehead atoms. The van der Waals surface area contributed by atoms with E-state index in [0.29, 0.717) is 35.0 Å². The van der Waals surface area contributed by atoms with Gasteiger partial charge < -0.3 is 5.32 Å². The van der Waals surface area contributed by atoms with E-state index in [1.807, 2.05) is 42.5 Å². The zero-order valence-electron chi connectivity index (χ0n) is 15.4. The highest BCUT2D eigenvalue weighted by Crippen LogP contribution is 2.19. The van der Waals surface area contributed by atoms with Gasteiger partial charge in [-0.15, -0.1) is 5.10 Å². The lowest BCUT2D eigenvalue weighted by molar-refractivity contribution is 0.0947. The standard InChI is InChI=1S/C22H16N6O/c23-13-16-8-10-18(11-9-16)21(29)28-22(25-14-17-5-2-1-3-6-17)26-20(27-28)19-7-4-12-24-15-19/h1-12,15H,14H2,(H,25,26,27). The lowest BCUT2D eigenvalue weighted by Gasteiger charge is -2.07. The van der Waals surface area contributed by atoms with Gasteiger partial charge in [-0.05, 0) is 42.0 Å². The van der Waals surface area contributed by atoms with Gasteiger partial charge in [0, 0.05) is 30.1 Å². The molecular weight excluding hydrogens is 364 g/mol. The van der Waals surface area contributed by atoms with Crippen molar-refractivity contribution >= 4 is 11.9 Å².